The van der Waals surface area contributed by atoms with E-state index in [-0.39, 0.29) is 5.91 Å². The first kappa shape index (κ1) is 17.5. The standard InChI is InChI=1S/C18H21ClN4O2/c1-25-16-4-3-14(19)11-15(16)17(24)22-12-13-5-9-23(10-6-13)18-20-7-2-8-21-18/h2-4,7-8,11,13H,5-6,9-10,12H2,1H3,(H,22,24). The maximum absolute atomic E-state index is 12.4. The van der Waals surface area contributed by atoms with Crippen LogP contribution in [-0.2, 0) is 0 Å². The Morgan fingerprint density at radius 2 is 2.04 bits per heavy atom. The number of methoxy groups -OCH3 is 1. The first-order valence-corrected chi connectivity index (χ1v) is 8.69. The zero-order valence-electron chi connectivity index (χ0n) is 14.1. The molecule has 1 aliphatic rings. The van der Waals surface area contributed by atoms with Crippen LogP contribution in [0.1, 0.15) is 23.2 Å². The van der Waals surface area contributed by atoms with Gasteiger partial charge in [0.15, 0.2) is 0 Å². The third-order valence-electron chi connectivity index (χ3n) is 4.41. The van der Waals surface area contributed by atoms with Crippen LogP contribution in [0.3, 0.4) is 0 Å². The second kappa shape index (κ2) is 8.16. The van der Waals surface area contributed by atoms with Crippen molar-refractivity contribution in [2.24, 2.45) is 5.92 Å². The number of carbonyl (C=O) groups is 1. The fourth-order valence-corrected chi connectivity index (χ4v) is 3.15. The number of nitrogens with zero attached hydrogens (tertiary/aromatic N) is 3. The molecule has 3 rings (SSSR count). The van der Waals surface area contributed by atoms with Crippen molar-refractivity contribution in [2.45, 2.75) is 12.8 Å². The lowest BCUT2D eigenvalue weighted by molar-refractivity contribution is 0.0942. The van der Waals surface area contributed by atoms with Gasteiger partial charge in [-0.1, -0.05) is 11.6 Å². The number of halogens is 1. The van der Waals surface area contributed by atoms with Crippen molar-refractivity contribution in [3.63, 3.8) is 0 Å². The molecule has 0 aliphatic carbocycles. The maximum atomic E-state index is 12.4. The van der Waals surface area contributed by atoms with Gasteiger partial charge in [-0.25, -0.2) is 9.97 Å². The van der Waals surface area contributed by atoms with Gasteiger partial charge in [-0.15, -0.1) is 0 Å². The molecule has 132 valence electrons. The Balaban J connectivity index is 1.52. The molecular formula is C18H21ClN4O2. The number of carbonyl (C=O) groups excluding carboxylic acids is 1. The van der Waals surface area contributed by atoms with Gasteiger partial charge in [-0.3, -0.25) is 4.79 Å². The van der Waals surface area contributed by atoms with Crippen LogP contribution in [0.15, 0.2) is 36.7 Å². The summed E-state index contributed by atoms with van der Waals surface area (Å²) in [5.74, 6) is 1.58. The summed E-state index contributed by atoms with van der Waals surface area (Å²) >= 11 is 5.99. The van der Waals surface area contributed by atoms with Gasteiger partial charge in [0.25, 0.3) is 5.91 Å². The van der Waals surface area contributed by atoms with Crippen molar-refractivity contribution in [1.29, 1.82) is 0 Å². The molecule has 1 aromatic carbocycles. The summed E-state index contributed by atoms with van der Waals surface area (Å²) in [5.41, 5.74) is 0.463. The van der Waals surface area contributed by atoms with E-state index in [1.165, 1.54) is 0 Å². The SMILES string of the molecule is COc1ccc(Cl)cc1C(=O)NCC1CCN(c2ncccn2)CC1. The maximum Gasteiger partial charge on any atom is 0.255 e. The summed E-state index contributed by atoms with van der Waals surface area (Å²) in [4.78, 5) is 23.2. The average molecular weight is 361 g/mol. The van der Waals surface area contributed by atoms with Crippen LogP contribution in [-0.4, -0.2) is 42.6 Å². The van der Waals surface area contributed by atoms with Gasteiger partial charge in [-0.05, 0) is 43.0 Å². The molecule has 25 heavy (non-hydrogen) atoms. The van der Waals surface area contributed by atoms with Crippen molar-refractivity contribution in [1.82, 2.24) is 15.3 Å². The molecule has 1 saturated heterocycles. The van der Waals surface area contributed by atoms with E-state index in [1.54, 1.807) is 37.7 Å². The van der Waals surface area contributed by atoms with Crippen molar-refractivity contribution >= 4 is 23.5 Å². The molecular weight excluding hydrogens is 340 g/mol. The van der Waals surface area contributed by atoms with E-state index in [0.717, 1.165) is 31.9 Å². The van der Waals surface area contributed by atoms with E-state index in [1.807, 2.05) is 6.07 Å². The summed E-state index contributed by atoms with van der Waals surface area (Å²) in [5, 5.41) is 3.51. The molecule has 0 spiro atoms. The molecule has 1 fully saturated rings. The highest BCUT2D eigenvalue weighted by molar-refractivity contribution is 6.31. The molecule has 1 amide bonds. The Hall–Kier alpha value is -2.34. The Kier molecular flexibility index (Phi) is 5.71. The Morgan fingerprint density at radius 1 is 1.32 bits per heavy atom. The number of amides is 1. The molecule has 7 heteroatoms. The molecule has 0 bridgehead atoms. The van der Waals surface area contributed by atoms with Gasteiger partial charge in [0.1, 0.15) is 5.75 Å². The quantitative estimate of drug-likeness (QED) is 0.888. The van der Waals surface area contributed by atoms with Crippen LogP contribution in [0.2, 0.25) is 5.02 Å². The fourth-order valence-electron chi connectivity index (χ4n) is 2.98. The lowest BCUT2D eigenvalue weighted by atomic mass is 9.97. The summed E-state index contributed by atoms with van der Waals surface area (Å²) < 4.78 is 5.24. The van der Waals surface area contributed by atoms with Crippen LogP contribution < -0.4 is 15.0 Å². The fraction of sp³-hybridized carbons (Fsp3) is 0.389. The molecule has 2 aromatic rings. The van der Waals surface area contributed by atoms with Gasteiger partial charge < -0.3 is 15.0 Å². The predicted octanol–water partition coefficient (Wildman–Crippen LogP) is 2.79. The zero-order valence-corrected chi connectivity index (χ0v) is 14.9. The first-order chi connectivity index (χ1) is 12.2. The zero-order chi connectivity index (χ0) is 17.6. The molecule has 0 atom stereocenters. The first-order valence-electron chi connectivity index (χ1n) is 8.31. The van der Waals surface area contributed by atoms with Crippen LogP contribution in [0.25, 0.3) is 0 Å². The number of piperidine rings is 1. The van der Waals surface area contributed by atoms with Gasteiger partial charge in [0.2, 0.25) is 5.95 Å². The minimum absolute atomic E-state index is 0.159. The average Bonchev–Trinajstić information content (AvgIpc) is 2.67. The summed E-state index contributed by atoms with van der Waals surface area (Å²) in [6, 6.07) is 6.86. The number of hydrogen-bond donors (Lipinski definition) is 1. The number of aromatic nitrogens is 2. The van der Waals surface area contributed by atoms with Crippen molar-refractivity contribution in [3.05, 3.63) is 47.2 Å². The summed E-state index contributed by atoms with van der Waals surface area (Å²) in [6.45, 7) is 2.42. The van der Waals surface area contributed by atoms with Crippen LogP contribution >= 0.6 is 11.6 Å². The van der Waals surface area contributed by atoms with Gasteiger partial charge >= 0.3 is 0 Å². The monoisotopic (exact) mass is 360 g/mol. The molecule has 6 nitrogen and oxygen atoms in total. The molecule has 2 heterocycles. The lowest BCUT2D eigenvalue weighted by Crippen LogP contribution is -2.39. The smallest absolute Gasteiger partial charge is 0.255 e. The third-order valence-corrected chi connectivity index (χ3v) is 4.64. The summed E-state index contributed by atoms with van der Waals surface area (Å²) in [7, 11) is 1.54. The Labute approximate surface area is 152 Å². The topological polar surface area (TPSA) is 67.3 Å². The minimum Gasteiger partial charge on any atom is -0.496 e. The number of anilines is 1. The van der Waals surface area contributed by atoms with Crippen molar-refractivity contribution < 1.29 is 9.53 Å². The van der Waals surface area contributed by atoms with Crippen molar-refractivity contribution in [3.8, 4) is 5.75 Å². The van der Waals surface area contributed by atoms with E-state index in [4.69, 9.17) is 16.3 Å². The highest BCUT2D eigenvalue weighted by Crippen LogP contribution is 2.23. The highest BCUT2D eigenvalue weighted by atomic mass is 35.5. The lowest BCUT2D eigenvalue weighted by Gasteiger charge is -2.31. The second-order valence-corrected chi connectivity index (χ2v) is 6.47. The molecule has 1 aliphatic heterocycles. The van der Waals surface area contributed by atoms with Crippen molar-refractivity contribution in [2.75, 3.05) is 31.6 Å². The summed E-state index contributed by atoms with van der Waals surface area (Å²) in [6.07, 6.45) is 5.50. The van der Waals surface area contributed by atoms with E-state index < -0.39 is 0 Å². The third kappa shape index (κ3) is 4.39. The highest BCUT2D eigenvalue weighted by Gasteiger charge is 2.22. The Morgan fingerprint density at radius 3 is 2.72 bits per heavy atom. The van der Waals surface area contributed by atoms with E-state index >= 15 is 0 Å². The van der Waals surface area contributed by atoms with E-state index in [2.05, 4.69) is 20.2 Å². The van der Waals surface area contributed by atoms with E-state index in [9.17, 15) is 4.79 Å². The minimum atomic E-state index is -0.159. The molecule has 0 saturated carbocycles. The molecule has 1 aromatic heterocycles. The van der Waals surface area contributed by atoms with Gasteiger partial charge in [-0.2, -0.15) is 0 Å². The normalized spacial score (nSPS) is 15.0. The van der Waals surface area contributed by atoms with E-state index in [0.29, 0.717) is 28.8 Å². The van der Waals surface area contributed by atoms with Gasteiger partial charge in [0, 0.05) is 37.1 Å². The number of rotatable bonds is 5. The predicted molar refractivity (Wildman–Crippen MR) is 97.3 cm³/mol. The van der Waals surface area contributed by atoms with Crippen LogP contribution in [0, 0.1) is 5.92 Å². The molecule has 0 radical (unpaired) electrons. The second-order valence-electron chi connectivity index (χ2n) is 6.03. The van der Waals surface area contributed by atoms with Crippen LogP contribution in [0.5, 0.6) is 5.75 Å². The number of hydrogen-bond acceptors (Lipinski definition) is 5. The van der Waals surface area contributed by atoms with Crippen LogP contribution in [0.4, 0.5) is 5.95 Å². The number of nitrogens with one attached hydrogen (secondary N) is 1. The largest absolute Gasteiger partial charge is 0.496 e. The Bertz CT molecular complexity index is 718. The number of benzene rings is 1. The molecule has 1 N–H and O–H groups in total. The molecule has 0 unspecified atom stereocenters. The number of ether oxygens (including phenoxy) is 1. The van der Waals surface area contributed by atoms with Gasteiger partial charge in [0.05, 0.1) is 12.7 Å².